The zero-order chi connectivity index (χ0) is 14.1. The summed E-state index contributed by atoms with van der Waals surface area (Å²) < 4.78 is 0. The van der Waals surface area contributed by atoms with Crippen LogP contribution < -0.4 is 5.32 Å². The third kappa shape index (κ3) is 5.52. The molecule has 0 saturated carbocycles. The summed E-state index contributed by atoms with van der Waals surface area (Å²) in [6.07, 6.45) is 7.86. The zero-order valence-electron chi connectivity index (χ0n) is 13.1. The van der Waals surface area contributed by atoms with E-state index in [2.05, 4.69) is 31.0 Å². The third-order valence-electron chi connectivity index (χ3n) is 4.04. The van der Waals surface area contributed by atoms with Gasteiger partial charge in [-0.05, 0) is 38.6 Å². The van der Waals surface area contributed by atoms with Crippen LogP contribution in [0.15, 0.2) is 0 Å². The van der Waals surface area contributed by atoms with Crippen molar-refractivity contribution in [2.24, 2.45) is 5.92 Å². The second-order valence-corrected chi connectivity index (χ2v) is 5.85. The molecule has 1 aliphatic heterocycles. The highest BCUT2D eigenvalue weighted by atomic mass is 16.2. The molecule has 0 aromatic carbocycles. The molecule has 1 saturated heterocycles. The Kier molecular flexibility index (Phi) is 8.11. The molecule has 19 heavy (non-hydrogen) atoms. The van der Waals surface area contributed by atoms with Gasteiger partial charge in [0.05, 0.1) is 0 Å². The number of nitrogens with zero attached hydrogens (tertiary/aromatic N) is 1. The van der Waals surface area contributed by atoms with Crippen molar-refractivity contribution < 1.29 is 4.79 Å². The van der Waals surface area contributed by atoms with Gasteiger partial charge in [0, 0.05) is 25.0 Å². The van der Waals surface area contributed by atoms with Gasteiger partial charge in [0.15, 0.2) is 0 Å². The molecule has 0 aliphatic carbocycles. The normalized spacial score (nSPS) is 20.0. The minimum Gasteiger partial charge on any atom is -0.341 e. The number of carbonyl (C=O) groups is 1. The van der Waals surface area contributed by atoms with Crippen molar-refractivity contribution >= 4 is 5.91 Å². The summed E-state index contributed by atoms with van der Waals surface area (Å²) in [5.41, 5.74) is 0. The highest BCUT2D eigenvalue weighted by molar-refractivity contribution is 5.79. The lowest BCUT2D eigenvalue weighted by molar-refractivity contribution is -0.137. The Morgan fingerprint density at radius 2 is 1.89 bits per heavy atom. The summed E-state index contributed by atoms with van der Waals surface area (Å²) in [7, 11) is 0. The monoisotopic (exact) mass is 268 g/mol. The van der Waals surface area contributed by atoms with Gasteiger partial charge in [-0.15, -0.1) is 0 Å². The second-order valence-electron chi connectivity index (χ2n) is 5.85. The maximum atomic E-state index is 12.6. The van der Waals surface area contributed by atoms with Crippen LogP contribution in [0.1, 0.15) is 65.7 Å². The third-order valence-corrected chi connectivity index (χ3v) is 4.04. The summed E-state index contributed by atoms with van der Waals surface area (Å²) in [4.78, 5) is 14.7. The lowest BCUT2D eigenvalue weighted by atomic mass is 9.95. The fourth-order valence-electron chi connectivity index (χ4n) is 3.04. The standard InChI is InChI=1S/C16H32N2O/c1-4-8-14(9-5-2)16(19)18-12-7-10-15(13-18)17-11-6-3/h14-15,17H,4-13H2,1-3H3. The van der Waals surface area contributed by atoms with Crippen LogP contribution >= 0.6 is 0 Å². The van der Waals surface area contributed by atoms with Gasteiger partial charge in [-0.2, -0.15) is 0 Å². The number of rotatable bonds is 8. The fourth-order valence-corrected chi connectivity index (χ4v) is 3.04. The zero-order valence-corrected chi connectivity index (χ0v) is 13.1. The number of amides is 1. The van der Waals surface area contributed by atoms with Crippen molar-refractivity contribution in [3.8, 4) is 0 Å². The summed E-state index contributed by atoms with van der Waals surface area (Å²) >= 11 is 0. The smallest absolute Gasteiger partial charge is 0.225 e. The van der Waals surface area contributed by atoms with E-state index < -0.39 is 0 Å². The molecule has 0 radical (unpaired) electrons. The van der Waals surface area contributed by atoms with Crippen LogP contribution in [-0.2, 0) is 4.79 Å². The van der Waals surface area contributed by atoms with Gasteiger partial charge in [-0.25, -0.2) is 0 Å². The quantitative estimate of drug-likeness (QED) is 0.733. The first-order chi connectivity index (χ1) is 9.22. The van der Waals surface area contributed by atoms with Crippen molar-refractivity contribution in [3.05, 3.63) is 0 Å². The first-order valence-electron chi connectivity index (χ1n) is 8.25. The van der Waals surface area contributed by atoms with Gasteiger partial charge in [-0.1, -0.05) is 33.6 Å². The molecule has 1 amide bonds. The molecule has 0 aromatic heterocycles. The molecule has 1 fully saturated rings. The Morgan fingerprint density at radius 3 is 2.47 bits per heavy atom. The van der Waals surface area contributed by atoms with Crippen LogP contribution in [0, 0.1) is 5.92 Å². The van der Waals surface area contributed by atoms with E-state index in [0.29, 0.717) is 11.9 Å². The van der Waals surface area contributed by atoms with Crippen LogP contribution in [-0.4, -0.2) is 36.5 Å². The topological polar surface area (TPSA) is 32.3 Å². The summed E-state index contributed by atoms with van der Waals surface area (Å²) in [5, 5.41) is 3.57. The lowest BCUT2D eigenvalue weighted by Crippen LogP contribution is -2.49. The molecule has 1 unspecified atom stereocenters. The van der Waals surface area contributed by atoms with Crippen molar-refractivity contribution in [3.63, 3.8) is 0 Å². The van der Waals surface area contributed by atoms with Crippen molar-refractivity contribution in [2.75, 3.05) is 19.6 Å². The molecule has 1 N–H and O–H groups in total. The van der Waals surface area contributed by atoms with E-state index in [4.69, 9.17) is 0 Å². The molecule has 0 aromatic rings. The molecule has 1 heterocycles. The Bertz CT molecular complexity index is 249. The van der Waals surface area contributed by atoms with Crippen LogP contribution in [0.25, 0.3) is 0 Å². The van der Waals surface area contributed by atoms with Crippen LogP contribution in [0.4, 0.5) is 0 Å². The molecule has 3 heteroatoms. The van der Waals surface area contributed by atoms with E-state index in [1.54, 1.807) is 0 Å². The Labute approximate surface area is 119 Å². The summed E-state index contributed by atoms with van der Waals surface area (Å²) in [6, 6.07) is 0.515. The predicted molar refractivity (Wildman–Crippen MR) is 81.2 cm³/mol. The van der Waals surface area contributed by atoms with Crippen LogP contribution in [0.2, 0.25) is 0 Å². The summed E-state index contributed by atoms with van der Waals surface area (Å²) in [5.74, 6) is 0.673. The molecular formula is C16H32N2O. The molecule has 3 nitrogen and oxygen atoms in total. The molecule has 1 aliphatic rings. The van der Waals surface area contributed by atoms with E-state index in [9.17, 15) is 4.79 Å². The highest BCUT2D eigenvalue weighted by Crippen LogP contribution is 2.20. The number of carbonyl (C=O) groups excluding carboxylic acids is 1. The van der Waals surface area contributed by atoms with Gasteiger partial charge in [0.1, 0.15) is 0 Å². The first kappa shape index (κ1) is 16.5. The average molecular weight is 268 g/mol. The molecule has 112 valence electrons. The molecule has 1 rings (SSSR count). The van der Waals surface area contributed by atoms with Gasteiger partial charge in [-0.3, -0.25) is 4.79 Å². The van der Waals surface area contributed by atoms with Crippen molar-refractivity contribution in [1.82, 2.24) is 10.2 Å². The fraction of sp³-hybridized carbons (Fsp3) is 0.938. The van der Waals surface area contributed by atoms with E-state index in [1.807, 2.05) is 0 Å². The largest absolute Gasteiger partial charge is 0.341 e. The first-order valence-corrected chi connectivity index (χ1v) is 8.25. The van der Waals surface area contributed by atoms with Crippen LogP contribution in [0.3, 0.4) is 0 Å². The number of hydrogen-bond acceptors (Lipinski definition) is 2. The molecule has 0 bridgehead atoms. The lowest BCUT2D eigenvalue weighted by Gasteiger charge is -2.35. The van der Waals surface area contributed by atoms with E-state index in [1.165, 1.54) is 12.8 Å². The number of likely N-dealkylation sites (tertiary alicyclic amines) is 1. The maximum absolute atomic E-state index is 12.6. The highest BCUT2D eigenvalue weighted by Gasteiger charge is 2.27. The van der Waals surface area contributed by atoms with E-state index >= 15 is 0 Å². The average Bonchev–Trinajstić information content (AvgIpc) is 2.44. The SMILES string of the molecule is CCCNC1CCCN(C(=O)C(CCC)CCC)C1. The van der Waals surface area contributed by atoms with Crippen LogP contribution in [0.5, 0.6) is 0 Å². The second kappa shape index (κ2) is 9.35. The van der Waals surface area contributed by atoms with Gasteiger partial charge >= 0.3 is 0 Å². The minimum absolute atomic E-state index is 0.264. The van der Waals surface area contributed by atoms with Gasteiger partial charge in [0.25, 0.3) is 0 Å². The van der Waals surface area contributed by atoms with E-state index in [0.717, 1.165) is 51.7 Å². The van der Waals surface area contributed by atoms with Gasteiger partial charge < -0.3 is 10.2 Å². The van der Waals surface area contributed by atoms with Gasteiger partial charge in [0.2, 0.25) is 5.91 Å². The number of piperidine rings is 1. The maximum Gasteiger partial charge on any atom is 0.225 e. The summed E-state index contributed by atoms with van der Waals surface area (Å²) in [6.45, 7) is 9.50. The Hall–Kier alpha value is -0.570. The molecule has 1 atom stereocenters. The van der Waals surface area contributed by atoms with E-state index in [-0.39, 0.29) is 5.92 Å². The molecular weight excluding hydrogens is 236 g/mol. The predicted octanol–water partition coefficient (Wildman–Crippen LogP) is 3.19. The Morgan fingerprint density at radius 1 is 1.21 bits per heavy atom. The molecule has 0 spiro atoms. The number of nitrogens with one attached hydrogen (secondary N) is 1. The van der Waals surface area contributed by atoms with Crippen molar-refractivity contribution in [2.45, 2.75) is 71.8 Å². The number of hydrogen-bond donors (Lipinski definition) is 1. The Balaban J connectivity index is 2.49. The minimum atomic E-state index is 0.264. The van der Waals surface area contributed by atoms with Crippen molar-refractivity contribution in [1.29, 1.82) is 0 Å².